The first-order chi connectivity index (χ1) is 16.7. The second-order valence-electron chi connectivity index (χ2n) is 8.91. The van der Waals surface area contributed by atoms with Crippen molar-refractivity contribution in [3.8, 4) is 0 Å². The number of carbonyl (C=O) groups excluding carboxylic acids is 3. The first-order valence-electron chi connectivity index (χ1n) is 10.9. The molecule has 3 amide bonds. The summed E-state index contributed by atoms with van der Waals surface area (Å²) in [5.74, 6) is -3.57. The number of benzene rings is 3. The van der Waals surface area contributed by atoms with E-state index in [4.69, 9.17) is 46.4 Å². The fourth-order valence-electron chi connectivity index (χ4n) is 5.81. The number of carbonyl (C=O) groups is 3. The van der Waals surface area contributed by atoms with E-state index in [1.807, 2.05) is 48.5 Å². The first kappa shape index (κ1) is 22.9. The zero-order valence-corrected chi connectivity index (χ0v) is 20.9. The summed E-state index contributed by atoms with van der Waals surface area (Å²) in [5.41, 5.74) is 3.09. The second-order valence-corrected chi connectivity index (χ2v) is 10.9. The molecule has 5 nitrogen and oxygen atoms in total. The minimum Gasteiger partial charge on any atom is -0.323 e. The molecule has 1 saturated heterocycles. The third-order valence-electron chi connectivity index (χ3n) is 7.18. The van der Waals surface area contributed by atoms with Crippen LogP contribution in [0.15, 0.2) is 66.7 Å². The van der Waals surface area contributed by atoms with Gasteiger partial charge in [0.15, 0.2) is 0 Å². The number of imide groups is 1. The van der Waals surface area contributed by atoms with Crippen LogP contribution in [-0.2, 0) is 24.1 Å². The predicted octanol–water partition coefficient (Wildman–Crippen LogP) is 5.53. The van der Waals surface area contributed by atoms with Crippen LogP contribution >= 0.6 is 46.4 Å². The summed E-state index contributed by atoms with van der Waals surface area (Å²) in [6, 6.07) is 19.4. The van der Waals surface area contributed by atoms with E-state index in [1.54, 1.807) is 12.1 Å². The molecule has 0 unspecified atom stereocenters. The molecule has 1 N–H and O–H groups in total. The van der Waals surface area contributed by atoms with Crippen LogP contribution in [0.2, 0.25) is 10.0 Å². The van der Waals surface area contributed by atoms with Crippen LogP contribution in [0.1, 0.15) is 22.3 Å². The number of hydrogen-bond acceptors (Lipinski definition) is 3. The van der Waals surface area contributed by atoms with Gasteiger partial charge >= 0.3 is 0 Å². The standard InChI is InChI=1S/C26H16Cl4N2O3/c27-13-9-10-18(28)19(11-13)31-20(33)12-32-23(34)21-22(24(32)35)26(30)15-6-2-1-5-14(15)25(21,29)16-7-3-4-8-17(16)26/h1-11,21-22H,12H2,(H,31,33)/t21-,22-,25?,26?/m0/s1. The number of hydrogen-bond donors (Lipinski definition) is 1. The highest BCUT2D eigenvalue weighted by Gasteiger charge is 2.73. The Morgan fingerprint density at radius 1 is 0.800 bits per heavy atom. The Balaban J connectivity index is 1.42. The summed E-state index contributed by atoms with van der Waals surface area (Å²) in [7, 11) is 0. The van der Waals surface area contributed by atoms with Gasteiger partial charge in [-0.05, 0) is 40.5 Å². The van der Waals surface area contributed by atoms with Gasteiger partial charge in [0.2, 0.25) is 17.7 Å². The van der Waals surface area contributed by atoms with Crippen molar-refractivity contribution in [2.75, 3.05) is 11.9 Å². The molecular formula is C26H16Cl4N2O3. The first-order valence-corrected chi connectivity index (χ1v) is 12.4. The molecular weight excluding hydrogens is 530 g/mol. The lowest BCUT2D eigenvalue weighted by Crippen LogP contribution is -2.57. The lowest BCUT2D eigenvalue weighted by Gasteiger charge is -2.54. The minimum atomic E-state index is -1.29. The average molecular weight is 546 g/mol. The molecule has 0 aromatic heterocycles. The van der Waals surface area contributed by atoms with Crippen LogP contribution in [-0.4, -0.2) is 29.2 Å². The van der Waals surface area contributed by atoms with E-state index in [0.717, 1.165) is 4.90 Å². The Kier molecular flexibility index (Phi) is 5.04. The molecule has 0 spiro atoms. The molecule has 2 atom stereocenters. The predicted molar refractivity (Wildman–Crippen MR) is 135 cm³/mol. The van der Waals surface area contributed by atoms with E-state index >= 15 is 0 Å². The van der Waals surface area contributed by atoms with Crippen LogP contribution in [0, 0.1) is 11.8 Å². The number of rotatable bonds is 3. The van der Waals surface area contributed by atoms with E-state index < -0.39 is 45.9 Å². The summed E-state index contributed by atoms with van der Waals surface area (Å²) >= 11 is 26.9. The van der Waals surface area contributed by atoms with Gasteiger partial charge < -0.3 is 5.32 Å². The van der Waals surface area contributed by atoms with Crippen molar-refractivity contribution < 1.29 is 14.4 Å². The Morgan fingerprint density at radius 3 is 1.71 bits per heavy atom. The SMILES string of the molecule is O=C(CN1C(=O)[C@@H]2[C@@H](C1=O)C1(Cl)c3ccccc3C2(Cl)c2ccccc21)Nc1cc(Cl)ccc1Cl. The summed E-state index contributed by atoms with van der Waals surface area (Å²) in [6.07, 6.45) is 0. The number of anilines is 1. The zero-order chi connectivity index (χ0) is 24.7. The van der Waals surface area contributed by atoms with Crippen molar-refractivity contribution in [3.63, 3.8) is 0 Å². The third kappa shape index (κ3) is 2.93. The van der Waals surface area contributed by atoms with Crippen molar-refractivity contribution in [1.29, 1.82) is 0 Å². The van der Waals surface area contributed by atoms with Crippen LogP contribution in [0.5, 0.6) is 0 Å². The summed E-state index contributed by atoms with van der Waals surface area (Å²) < 4.78 is 0. The Hall–Kier alpha value is -2.57. The highest BCUT2D eigenvalue weighted by atomic mass is 35.5. The molecule has 3 aliphatic carbocycles. The van der Waals surface area contributed by atoms with Gasteiger partial charge in [0.05, 0.1) is 22.5 Å². The van der Waals surface area contributed by atoms with Crippen LogP contribution in [0.25, 0.3) is 0 Å². The molecule has 0 radical (unpaired) electrons. The molecule has 2 bridgehead atoms. The number of likely N-dealkylation sites (tertiary alicyclic amines) is 1. The van der Waals surface area contributed by atoms with Crippen molar-refractivity contribution in [2.24, 2.45) is 11.8 Å². The molecule has 176 valence electrons. The highest BCUT2D eigenvalue weighted by molar-refractivity contribution is 6.37. The van der Waals surface area contributed by atoms with E-state index in [0.29, 0.717) is 27.3 Å². The summed E-state index contributed by atoms with van der Waals surface area (Å²) in [6.45, 7) is -0.500. The number of nitrogens with zero attached hydrogens (tertiary/aromatic N) is 1. The van der Waals surface area contributed by atoms with Crippen molar-refractivity contribution in [1.82, 2.24) is 4.90 Å². The van der Waals surface area contributed by atoms with Crippen LogP contribution < -0.4 is 5.32 Å². The topological polar surface area (TPSA) is 66.5 Å². The maximum atomic E-state index is 13.8. The Labute approximate surface area is 220 Å². The van der Waals surface area contributed by atoms with Gasteiger partial charge in [-0.25, -0.2) is 0 Å². The highest BCUT2D eigenvalue weighted by Crippen LogP contribution is 2.69. The Morgan fingerprint density at radius 2 is 1.26 bits per heavy atom. The number of amides is 3. The fourth-order valence-corrected chi connectivity index (χ4v) is 7.24. The molecule has 1 fully saturated rings. The fraction of sp³-hybridized carbons (Fsp3) is 0.192. The number of halogens is 4. The monoisotopic (exact) mass is 544 g/mol. The lowest BCUT2D eigenvalue weighted by molar-refractivity contribution is -0.142. The van der Waals surface area contributed by atoms with Gasteiger partial charge in [0.1, 0.15) is 16.3 Å². The van der Waals surface area contributed by atoms with Crippen molar-refractivity contribution in [2.45, 2.75) is 9.75 Å². The molecule has 4 aliphatic rings. The molecule has 1 aliphatic heterocycles. The molecule has 7 rings (SSSR count). The second kappa shape index (κ2) is 7.71. The zero-order valence-electron chi connectivity index (χ0n) is 17.9. The number of nitrogens with one attached hydrogen (secondary N) is 1. The quantitative estimate of drug-likeness (QED) is 0.348. The largest absolute Gasteiger partial charge is 0.323 e. The van der Waals surface area contributed by atoms with Gasteiger partial charge in [-0.3, -0.25) is 19.3 Å². The van der Waals surface area contributed by atoms with Crippen molar-refractivity contribution in [3.05, 3.63) is 99.0 Å². The van der Waals surface area contributed by atoms with Gasteiger partial charge in [-0.1, -0.05) is 71.7 Å². The third-order valence-corrected chi connectivity index (χ3v) is 9.03. The van der Waals surface area contributed by atoms with Crippen molar-refractivity contribution >= 4 is 69.8 Å². The molecule has 3 aromatic carbocycles. The maximum absolute atomic E-state index is 13.8. The minimum absolute atomic E-state index is 0.277. The molecule has 9 heteroatoms. The number of alkyl halides is 2. The molecule has 0 saturated carbocycles. The normalized spacial score (nSPS) is 27.9. The van der Waals surface area contributed by atoms with Gasteiger partial charge in [0, 0.05) is 5.02 Å². The van der Waals surface area contributed by atoms with Crippen LogP contribution in [0.3, 0.4) is 0 Å². The Bertz CT molecular complexity index is 1330. The smallest absolute Gasteiger partial charge is 0.244 e. The summed E-state index contributed by atoms with van der Waals surface area (Å²) in [4.78, 5) is 38.8. The molecule has 35 heavy (non-hydrogen) atoms. The van der Waals surface area contributed by atoms with E-state index in [9.17, 15) is 14.4 Å². The summed E-state index contributed by atoms with van der Waals surface area (Å²) in [5, 5.41) is 3.28. The average Bonchev–Trinajstić information content (AvgIpc) is 3.10. The van der Waals surface area contributed by atoms with E-state index in [2.05, 4.69) is 5.32 Å². The lowest BCUT2D eigenvalue weighted by atomic mass is 9.54. The molecule has 3 aromatic rings. The van der Waals surface area contributed by atoms with Crippen LogP contribution in [0.4, 0.5) is 5.69 Å². The van der Waals surface area contributed by atoms with E-state index in [1.165, 1.54) is 6.07 Å². The van der Waals surface area contributed by atoms with Gasteiger partial charge in [-0.15, -0.1) is 23.2 Å². The van der Waals surface area contributed by atoms with Gasteiger partial charge in [-0.2, -0.15) is 0 Å². The van der Waals surface area contributed by atoms with Gasteiger partial charge in [0.25, 0.3) is 0 Å². The maximum Gasteiger partial charge on any atom is 0.244 e. The van der Waals surface area contributed by atoms with E-state index in [-0.39, 0.29) is 10.7 Å². The molecule has 1 heterocycles.